The van der Waals surface area contributed by atoms with Crippen molar-refractivity contribution in [2.24, 2.45) is 0 Å². The summed E-state index contributed by atoms with van der Waals surface area (Å²) in [7, 11) is 2.15. The van der Waals surface area contributed by atoms with Crippen LogP contribution in [0.1, 0.15) is 23.2 Å². The number of hydrogen-bond donors (Lipinski definition) is 3. The van der Waals surface area contributed by atoms with Gasteiger partial charge in [-0.1, -0.05) is 6.07 Å². The highest BCUT2D eigenvalue weighted by molar-refractivity contribution is 5.99. The quantitative estimate of drug-likeness (QED) is 0.633. The van der Waals surface area contributed by atoms with Crippen molar-refractivity contribution in [3.8, 4) is 16.9 Å². The molecule has 29 heavy (non-hydrogen) atoms. The number of H-pyrrole nitrogens is 1. The number of ether oxygens (including phenoxy) is 1. The third-order valence-corrected chi connectivity index (χ3v) is 5.67. The molecule has 0 radical (unpaired) electrons. The van der Waals surface area contributed by atoms with Gasteiger partial charge in [0.1, 0.15) is 18.0 Å². The highest BCUT2D eigenvalue weighted by Crippen LogP contribution is 2.32. The van der Waals surface area contributed by atoms with E-state index in [2.05, 4.69) is 37.5 Å². The molecule has 0 spiro atoms. The van der Waals surface area contributed by atoms with Gasteiger partial charge in [0.25, 0.3) is 5.91 Å². The van der Waals surface area contributed by atoms with Crippen LogP contribution >= 0.6 is 0 Å². The predicted molar refractivity (Wildman–Crippen MR) is 111 cm³/mol. The van der Waals surface area contributed by atoms with E-state index < -0.39 is 0 Å². The molecule has 8 heteroatoms. The van der Waals surface area contributed by atoms with E-state index in [1.54, 1.807) is 6.07 Å². The van der Waals surface area contributed by atoms with Crippen molar-refractivity contribution in [2.45, 2.75) is 18.9 Å². The van der Waals surface area contributed by atoms with E-state index in [0.717, 1.165) is 48.1 Å². The lowest BCUT2D eigenvalue weighted by Gasteiger charge is -2.29. The first kappa shape index (κ1) is 17.9. The Kier molecular flexibility index (Phi) is 4.55. The molecular weight excluding hydrogens is 368 g/mol. The van der Waals surface area contributed by atoms with Crippen LogP contribution in [0.25, 0.3) is 22.2 Å². The number of fused-ring (bicyclic) bond motifs is 2. The van der Waals surface area contributed by atoms with Gasteiger partial charge in [-0.15, -0.1) is 0 Å². The van der Waals surface area contributed by atoms with Gasteiger partial charge in [-0.2, -0.15) is 4.98 Å². The second kappa shape index (κ2) is 7.36. The summed E-state index contributed by atoms with van der Waals surface area (Å²) >= 11 is 0. The molecule has 5 rings (SSSR count). The molecule has 0 saturated carbocycles. The van der Waals surface area contributed by atoms with Crippen molar-refractivity contribution in [3.05, 3.63) is 36.2 Å². The van der Waals surface area contributed by atoms with Gasteiger partial charge in [-0.25, -0.2) is 4.98 Å². The average Bonchev–Trinajstić information content (AvgIpc) is 3.06. The fourth-order valence-corrected chi connectivity index (χ4v) is 3.97. The van der Waals surface area contributed by atoms with Gasteiger partial charge in [0.2, 0.25) is 5.95 Å². The third kappa shape index (κ3) is 3.51. The van der Waals surface area contributed by atoms with Crippen molar-refractivity contribution in [1.82, 2.24) is 25.2 Å². The Morgan fingerprint density at radius 2 is 2.10 bits per heavy atom. The van der Waals surface area contributed by atoms with Crippen LogP contribution in [0.4, 0.5) is 5.95 Å². The lowest BCUT2D eigenvalue weighted by atomic mass is 10.0. The maximum absolute atomic E-state index is 12.1. The summed E-state index contributed by atoms with van der Waals surface area (Å²) in [6.07, 6.45) is 5.97. The Morgan fingerprint density at radius 1 is 1.24 bits per heavy atom. The largest absolute Gasteiger partial charge is 0.491 e. The summed E-state index contributed by atoms with van der Waals surface area (Å²) in [4.78, 5) is 26.9. The minimum absolute atomic E-state index is 0.101. The molecule has 4 heterocycles. The van der Waals surface area contributed by atoms with Gasteiger partial charge in [0.15, 0.2) is 0 Å². The molecule has 8 nitrogen and oxygen atoms in total. The second-order valence-electron chi connectivity index (χ2n) is 7.70. The maximum Gasteiger partial charge on any atom is 0.255 e. The summed E-state index contributed by atoms with van der Waals surface area (Å²) in [5.74, 6) is 1.16. The van der Waals surface area contributed by atoms with Crippen LogP contribution in [0, 0.1) is 0 Å². The number of hydrogen-bond acceptors (Lipinski definition) is 6. The van der Waals surface area contributed by atoms with Gasteiger partial charge in [-0.05, 0) is 50.7 Å². The zero-order valence-electron chi connectivity index (χ0n) is 16.4. The van der Waals surface area contributed by atoms with Crippen LogP contribution in [0.3, 0.4) is 0 Å². The predicted octanol–water partition coefficient (Wildman–Crippen LogP) is 2.25. The van der Waals surface area contributed by atoms with E-state index >= 15 is 0 Å². The topological polar surface area (TPSA) is 95.2 Å². The van der Waals surface area contributed by atoms with Crippen molar-refractivity contribution in [2.75, 3.05) is 38.6 Å². The van der Waals surface area contributed by atoms with Crippen LogP contribution < -0.4 is 15.4 Å². The van der Waals surface area contributed by atoms with Gasteiger partial charge in [-0.3, -0.25) is 4.79 Å². The molecular formula is C21H24N6O2. The lowest BCUT2D eigenvalue weighted by Crippen LogP contribution is -2.37. The maximum atomic E-state index is 12.1. The number of aromatic amines is 1. The normalized spacial score (nSPS) is 18.0. The molecule has 3 aromatic rings. The van der Waals surface area contributed by atoms with Gasteiger partial charge >= 0.3 is 0 Å². The smallest absolute Gasteiger partial charge is 0.255 e. The number of nitrogens with zero attached hydrogens (tertiary/aromatic N) is 3. The highest BCUT2D eigenvalue weighted by Gasteiger charge is 2.20. The Morgan fingerprint density at radius 3 is 2.97 bits per heavy atom. The number of aromatic nitrogens is 3. The van der Waals surface area contributed by atoms with Crippen LogP contribution in [-0.2, 0) is 0 Å². The second-order valence-corrected chi connectivity index (χ2v) is 7.70. The monoisotopic (exact) mass is 392 g/mol. The number of carbonyl (C=O) groups excluding carboxylic acids is 1. The SMILES string of the molecule is CN1CCC(Nc2ncc3c(-c4ccc5c(c4)OCCNC5=O)c[nH]c3n2)CC1. The first-order valence-corrected chi connectivity index (χ1v) is 10.0. The molecule has 2 aliphatic heterocycles. The minimum Gasteiger partial charge on any atom is -0.491 e. The summed E-state index contributed by atoms with van der Waals surface area (Å²) in [5.41, 5.74) is 3.30. The first-order valence-electron chi connectivity index (χ1n) is 10.0. The Labute approximate surface area is 168 Å². The Balaban J connectivity index is 1.42. The van der Waals surface area contributed by atoms with Gasteiger partial charge < -0.3 is 25.3 Å². The molecule has 0 bridgehead atoms. The van der Waals surface area contributed by atoms with Crippen LogP contribution in [0.2, 0.25) is 0 Å². The van der Waals surface area contributed by atoms with Crippen molar-refractivity contribution >= 4 is 22.9 Å². The molecule has 1 aromatic carbocycles. The van der Waals surface area contributed by atoms with Crippen LogP contribution in [0.5, 0.6) is 5.75 Å². The standard InChI is InChI=1S/C21H24N6O2/c1-27-7-4-14(5-8-27)25-21-24-12-17-16(11-23-19(17)26-21)13-2-3-15-18(10-13)29-9-6-22-20(15)28/h2-3,10-12,14H,4-9H2,1H3,(H,22,28)(H2,23,24,25,26). The summed E-state index contributed by atoms with van der Waals surface area (Å²) < 4.78 is 5.74. The molecule has 1 saturated heterocycles. The minimum atomic E-state index is -0.101. The zero-order valence-corrected chi connectivity index (χ0v) is 16.4. The Hall–Kier alpha value is -3.13. The van der Waals surface area contributed by atoms with E-state index in [0.29, 0.717) is 36.5 Å². The Bertz CT molecular complexity index is 1050. The lowest BCUT2D eigenvalue weighted by molar-refractivity contribution is 0.0957. The molecule has 0 unspecified atom stereocenters. The first-order chi connectivity index (χ1) is 14.2. The molecule has 2 aliphatic rings. The zero-order chi connectivity index (χ0) is 19.8. The van der Waals surface area contributed by atoms with E-state index in [9.17, 15) is 4.79 Å². The number of anilines is 1. The number of rotatable bonds is 3. The number of likely N-dealkylation sites (tertiary alicyclic amines) is 1. The fourth-order valence-electron chi connectivity index (χ4n) is 3.97. The number of benzene rings is 1. The van der Waals surface area contributed by atoms with Crippen LogP contribution in [0.15, 0.2) is 30.6 Å². The molecule has 1 amide bonds. The van der Waals surface area contributed by atoms with E-state index in [1.807, 2.05) is 24.5 Å². The summed E-state index contributed by atoms with van der Waals surface area (Å²) in [5, 5.41) is 7.23. The van der Waals surface area contributed by atoms with E-state index in [1.165, 1.54) is 0 Å². The van der Waals surface area contributed by atoms with E-state index in [-0.39, 0.29) is 5.91 Å². The number of nitrogens with one attached hydrogen (secondary N) is 3. The average molecular weight is 392 g/mol. The van der Waals surface area contributed by atoms with Crippen molar-refractivity contribution < 1.29 is 9.53 Å². The van der Waals surface area contributed by atoms with Crippen molar-refractivity contribution in [3.63, 3.8) is 0 Å². The fraction of sp³-hybridized carbons (Fsp3) is 0.381. The summed E-state index contributed by atoms with van der Waals surface area (Å²) in [6.45, 7) is 3.15. The number of piperidine rings is 1. The summed E-state index contributed by atoms with van der Waals surface area (Å²) in [6, 6.07) is 6.06. The van der Waals surface area contributed by atoms with Gasteiger partial charge in [0, 0.05) is 29.4 Å². The molecule has 150 valence electrons. The van der Waals surface area contributed by atoms with Crippen LogP contribution in [-0.4, -0.2) is 65.1 Å². The molecule has 2 aromatic heterocycles. The van der Waals surface area contributed by atoms with E-state index in [4.69, 9.17) is 4.74 Å². The number of amides is 1. The molecule has 1 fully saturated rings. The van der Waals surface area contributed by atoms with Crippen molar-refractivity contribution in [1.29, 1.82) is 0 Å². The molecule has 0 atom stereocenters. The number of carbonyl (C=O) groups is 1. The van der Waals surface area contributed by atoms with Gasteiger partial charge in [0.05, 0.1) is 12.1 Å². The third-order valence-electron chi connectivity index (χ3n) is 5.67. The molecule has 3 N–H and O–H groups in total. The molecule has 0 aliphatic carbocycles. The highest BCUT2D eigenvalue weighted by atomic mass is 16.5.